The van der Waals surface area contributed by atoms with Gasteiger partial charge in [-0.05, 0) is 45.4 Å². The quantitative estimate of drug-likeness (QED) is 0.392. The van der Waals surface area contributed by atoms with E-state index in [2.05, 4.69) is 30.3 Å². The van der Waals surface area contributed by atoms with Crippen LogP contribution in [-0.4, -0.2) is 51.8 Å². The summed E-state index contributed by atoms with van der Waals surface area (Å²) in [6, 6.07) is 1.89. The maximum atomic E-state index is 14.3. The number of hydrogen-bond donors (Lipinski definition) is 1. The second-order valence-corrected chi connectivity index (χ2v) is 9.45. The van der Waals surface area contributed by atoms with Crippen molar-refractivity contribution in [2.75, 3.05) is 24.6 Å². The van der Waals surface area contributed by atoms with E-state index in [1.54, 1.807) is 26.2 Å². The Bertz CT molecular complexity index is 1170. The molecule has 3 aromatic rings. The monoisotopic (exact) mass is 514 g/mol. The summed E-state index contributed by atoms with van der Waals surface area (Å²) in [5.41, 5.74) is 0.127. The Morgan fingerprint density at radius 1 is 1.19 bits per heavy atom. The van der Waals surface area contributed by atoms with E-state index in [4.69, 9.17) is 9.26 Å². The lowest BCUT2D eigenvalue weighted by atomic mass is 9.92. The molecular weight excluding hydrogens is 482 g/mol. The van der Waals surface area contributed by atoms with Crippen LogP contribution in [0, 0.1) is 17.6 Å². The topological polar surface area (TPSA) is 106 Å². The first-order chi connectivity index (χ1) is 17.8. The van der Waals surface area contributed by atoms with E-state index < -0.39 is 23.1 Å². The van der Waals surface area contributed by atoms with Crippen LogP contribution >= 0.6 is 0 Å². The molecule has 198 valence electrons. The van der Waals surface area contributed by atoms with Crippen LogP contribution in [0.25, 0.3) is 11.4 Å². The minimum absolute atomic E-state index is 0.0817. The lowest BCUT2D eigenvalue weighted by Crippen LogP contribution is -2.34. The molecule has 4 rings (SSSR count). The number of carbonyl (C=O) groups excluding carboxylic acids is 1. The van der Waals surface area contributed by atoms with Crippen LogP contribution in [0.3, 0.4) is 0 Å². The first-order valence-electron chi connectivity index (χ1n) is 12.7. The van der Waals surface area contributed by atoms with Crippen molar-refractivity contribution >= 4 is 11.9 Å². The summed E-state index contributed by atoms with van der Waals surface area (Å²) >= 11 is 0. The van der Waals surface area contributed by atoms with E-state index in [1.165, 1.54) is 0 Å². The summed E-state index contributed by atoms with van der Waals surface area (Å²) in [6.45, 7) is 7.44. The highest BCUT2D eigenvalue weighted by molar-refractivity contribution is 5.95. The third kappa shape index (κ3) is 6.78. The molecule has 1 saturated heterocycles. The van der Waals surface area contributed by atoms with Crippen LogP contribution in [0.2, 0.25) is 0 Å². The Morgan fingerprint density at radius 2 is 1.86 bits per heavy atom. The van der Waals surface area contributed by atoms with E-state index in [0.29, 0.717) is 36.6 Å². The average Bonchev–Trinajstić information content (AvgIpc) is 3.36. The van der Waals surface area contributed by atoms with Gasteiger partial charge in [-0.1, -0.05) is 12.1 Å². The Morgan fingerprint density at radius 3 is 2.46 bits per heavy atom. The predicted molar refractivity (Wildman–Crippen MR) is 133 cm³/mol. The molecule has 0 unspecified atom stereocenters. The number of piperidine rings is 1. The molecule has 37 heavy (non-hydrogen) atoms. The number of nitrogens with zero attached hydrogens (tertiary/aromatic N) is 5. The van der Waals surface area contributed by atoms with E-state index in [0.717, 1.165) is 56.5 Å². The SMILES string of the molecule is CCc1nc(-c2cnc(N3CCC(CCCOc4cc(F)c(C(=O)NC(C)C)c(F)c4)CC3)nc2)no1. The molecule has 0 radical (unpaired) electrons. The maximum absolute atomic E-state index is 14.3. The molecule has 0 spiro atoms. The molecule has 11 heteroatoms. The summed E-state index contributed by atoms with van der Waals surface area (Å²) in [6.07, 6.45) is 7.81. The highest BCUT2D eigenvalue weighted by Crippen LogP contribution is 2.26. The summed E-state index contributed by atoms with van der Waals surface area (Å²) in [7, 11) is 0. The van der Waals surface area contributed by atoms with Gasteiger partial charge >= 0.3 is 0 Å². The van der Waals surface area contributed by atoms with Crippen LogP contribution in [0.15, 0.2) is 29.0 Å². The van der Waals surface area contributed by atoms with Crippen molar-refractivity contribution < 1.29 is 22.8 Å². The number of benzene rings is 1. The van der Waals surface area contributed by atoms with Gasteiger partial charge in [0.25, 0.3) is 5.91 Å². The summed E-state index contributed by atoms with van der Waals surface area (Å²) in [5.74, 6) is -0.282. The third-order valence-corrected chi connectivity index (χ3v) is 6.25. The van der Waals surface area contributed by atoms with Crippen LogP contribution in [0.4, 0.5) is 14.7 Å². The van der Waals surface area contributed by atoms with Gasteiger partial charge in [-0.15, -0.1) is 0 Å². The van der Waals surface area contributed by atoms with Crippen molar-refractivity contribution in [3.8, 4) is 17.1 Å². The smallest absolute Gasteiger partial charge is 0.257 e. The van der Waals surface area contributed by atoms with Crippen LogP contribution in [-0.2, 0) is 6.42 Å². The van der Waals surface area contributed by atoms with Gasteiger partial charge in [-0.25, -0.2) is 18.7 Å². The average molecular weight is 515 g/mol. The number of nitrogens with one attached hydrogen (secondary N) is 1. The highest BCUT2D eigenvalue weighted by atomic mass is 19.1. The third-order valence-electron chi connectivity index (χ3n) is 6.25. The molecule has 3 heterocycles. The fourth-order valence-corrected chi connectivity index (χ4v) is 4.28. The molecule has 1 fully saturated rings. The fraction of sp³-hybridized carbons (Fsp3) is 0.500. The number of rotatable bonds is 10. The van der Waals surface area contributed by atoms with Gasteiger partial charge in [-0.3, -0.25) is 4.79 Å². The molecule has 1 aromatic carbocycles. The second kappa shape index (κ2) is 12.1. The van der Waals surface area contributed by atoms with Crippen molar-refractivity contribution in [2.24, 2.45) is 5.92 Å². The van der Waals surface area contributed by atoms with E-state index in [1.807, 2.05) is 6.92 Å². The molecule has 1 N–H and O–H groups in total. The first kappa shape index (κ1) is 26.4. The van der Waals surface area contributed by atoms with Gasteiger partial charge in [0.1, 0.15) is 22.9 Å². The van der Waals surface area contributed by atoms with Gasteiger partial charge in [0.2, 0.25) is 17.7 Å². The lowest BCUT2D eigenvalue weighted by molar-refractivity contribution is 0.0934. The molecule has 0 atom stereocenters. The van der Waals surface area contributed by atoms with Crippen LogP contribution in [0.1, 0.15) is 62.7 Å². The Kier molecular flexibility index (Phi) is 8.62. The molecule has 9 nitrogen and oxygen atoms in total. The Hall–Kier alpha value is -3.63. The molecule has 1 aliphatic rings. The Balaban J connectivity index is 1.20. The van der Waals surface area contributed by atoms with Crippen molar-refractivity contribution in [3.05, 3.63) is 47.6 Å². The van der Waals surface area contributed by atoms with Crippen molar-refractivity contribution in [1.29, 1.82) is 0 Å². The van der Waals surface area contributed by atoms with Crippen molar-refractivity contribution in [3.63, 3.8) is 0 Å². The van der Waals surface area contributed by atoms with Gasteiger partial charge < -0.3 is 19.5 Å². The van der Waals surface area contributed by atoms with E-state index in [9.17, 15) is 13.6 Å². The van der Waals surface area contributed by atoms with Gasteiger partial charge in [0.05, 0.1) is 12.2 Å². The Labute approximate surface area is 214 Å². The number of carbonyl (C=O) groups is 1. The van der Waals surface area contributed by atoms with Crippen LogP contribution < -0.4 is 15.0 Å². The number of ether oxygens (including phenoxy) is 1. The number of hydrogen-bond acceptors (Lipinski definition) is 8. The number of aromatic nitrogens is 4. The zero-order chi connectivity index (χ0) is 26.4. The molecule has 0 aliphatic carbocycles. The second-order valence-electron chi connectivity index (χ2n) is 9.45. The highest BCUT2D eigenvalue weighted by Gasteiger charge is 2.22. The number of anilines is 1. The van der Waals surface area contributed by atoms with Gasteiger partial charge in [-0.2, -0.15) is 4.98 Å². The lowest BCUT2D eigenvalue weighted by Gasteiger charge is -2.32. The molecular formula is C26H32F2N6O3. The normalized spacial score (nSPS) is 14.3. The van der Waals surface area contributed by atoms with E-state index >= 15 is 0 Å². The van der Waals surface area contributed by atoms with Crippen molar-refractivity contribution in [1.82, 2.24) is 25.4 Å². The largest absolute Gasteiger partial charge is 0.493 e. The fourth-order valence-electron chi connectivity index (χ4n) is 4.28. The summed E-state index contributed by atoms with van der Waals surface area (Å²) in [5, 5.41) is 6.44. The van der Waals surface area contributed by atoms with E-state index in [-0.39, 0.29) is 11.8 Å². The molecule has 2 aromatic heterocycles. The minimum Gasteiger partial charge on any atom is -0.493 e. The number of halogens is 2. The molecule has 0 saturated carbocycles. The molecule has 0 bridgehead atoms. The van der Waals surface area contributed by atoms with Gasteiger partial charge in [0.15, 0.2) is 0 Å². The minimum atomic E-state index is -0.932. The van der Waals surface area contributed by atoms with Crippen molar-refractivity contribution in [2.45, 2.75) is 58.9 Å². The molecule has 1 aliphatic heterocycles. The van der Waals surface area contributed by atoms with Crippen LogP contribution in [0.5, 0.6) is 5.75 Å². The first-order valence-corrected chi connectivity index (χ1v) is 12.7. The predicted octanol–water partition coefficient (Wildman–Crippen LogP) is 4.58. The maximum Gasteiger partial charge on any atom is 0.257 e. The number of amides is 1. The summed E-state index contributed by atoms with van der Waals surface area (Å²) < 4.78 is 39.3. The zero-order valence-electron chi connectivity index (χ0n) is 21.3. The molecule has 1 amide bonds. The van der Waals surface area contributed by atoms with Gasteiger partial charge in [0, 0.05) is 50.1 Å². The summed E-state index contributed by atoms with van der Waals surface area (Å²) in [4.78, 5) is 27.4. The zero-order valence-corrected chi connectivity index (χ0v) is 21.3. The number of aryl methyl sites for hydroxylation is 1. The standard InChI is InChI=1S/C26H32F2N6O3/c1-4-22-32-24(33-37-22)18-14-29-26(30-15-18)34-9-7-17(8-10-34)6-5-11-36-19-12-20(27)23(21(28)13-19)25(35)31-16(2)3/h12-17H,4-11H2,1-3H3,(H,31,35).